The van der Waals surface area contributed by atoms with Gasteiger partial charge in [-0.25, -0.2) is 0 Å². The molecule has 3 rings (SSSR count). The Balaban J connectivity index is 1.67. The summed E-state index contributed by atoms with van der Waals surface area (Å²) in [5.41, 5.74) is 0.404. The fourth-order valence-electron chi connectivity index (χ4n) is 2.89. The van der Waals surface area contributed by atoms with E-state index in [4.69, 9.17) is 9.47 Å². The quantitative estimate of drug-likeness (QED) is 0.545. The van der Waals surface area contributed by atoms with Gasteiger partial charge in [-0.3, -0.25) is 0 Å². The summed E-state index contributed by atoms with van der Waals surface area (Å²) in [5, 5.41) is 0. The van der Waals surface area contributed by atoms with E-state index in [1.54, 1.807) is 0 Å². The van der Waals surface area contributed by atoms with Crippen molar-refractivity contribution in [3.05, 3.63) is 0 Å². The Kier molecular flexibility index (Phi) is 2.57. The zero-order valence-corrected chi connectivity index (χ0v) is 11.5. The van der Waals surface area contributed by atoms with Crippen molar-refractivity contribution < 1.29 is 9.47 Å². The van der Waals surface area contributed by atoms with Crippen molar-refractivity contribution in [1.82, 2.24) is 0 Å². The molecule has 15 heavy (non-hydrogen) atoms. The van der Waals surface area contributed by atoms with E-state index in [1.165, 1.54) is 25.7 Å². The molecule has 86 valence electrons. The number of ether oxygens (including phenoxy) is 2. The summed E-state index contributed by atoms with van der Waals surface area (Å²) in [6.45, 7) is 3.18. The minimum atomic E-state index is -0.176. The van der Waals surface area contributed by atoms with Crippen LogP contribution in [0.5, 0.6) is 0 Å². The predicted molar refractivity (Wildman–Crippen MR) is 67.2 cm³/mol. The number of hydrogen-bond acceptors (Lipinski definition) is 2. The maximum Gasteiger partial charge on any atom is 0.168 e. The lowest BCUT2D eigenvalue weighted by atomic mass is 9.94. The van der Waals surface area contributed by atoms with E-state index in [0.717, 1.165) is 23.4 Å². The van der Waals surface area contributed by atoms with Gasteiger partial charge in [0.15, 0.2) is 5.79 Å². The molecule has 0 aromatic rings. The first-order valence-corrected chi connectivity index (χ1v) is 7.35. The Morgan fingerprint density at radius 1 is 1.20 bits per heavy atom. The summed E-state index contributed by atoms with van der Waals surface area (Å²) in [7, 11) is 0. The Bertz CT molecular complexity index is 262. The van der Waals surface area contributed by atoms with Gasteiger partial charge < -0.3 is 9.47 Å². The second-order valence-corrected chi connectivity index (χ2v) is 7.07. The molecule has 3 aliphatic rings. The lowest BCUT2D eigenvalue weighted by Crippen LogP contribution is -2.34. The van der Waals surface area contributed by atoms with Crippen LogP contribution in [0.2, 0.25) is 0 Å². The van der Waals surface area contributed by atoms with Crippen molar-refractivity contribution in [3.63, 3.8) is 0 Å². The van der Waals surface area contributed by atoms with Crippen molar-refractivity contribution in [2.24, 2.45) is 5.41 Å². The van der Waals surface area contributed by atoms with Crippen LogP contribution in [-0.4, -0.2) is 22.4 Å². The molecule has 3 fully saturated rings. The van der Waals surface area contributed by atoms with E-state index >= 15 is 0 Å². The SMILES string of the molecule is C[C@@]1([C@H]2COC3(CCCCC3)O2)C[C@H]1I. The molecule has 2 nitrogen and oxygen atoms in total. The normalized spacial score (nSPS) is 48.4. The molecule has 1 aliphatic heterocycles. The third kappa shape index (κ3) is 1.75. The average Bonchev–Trinajstić information content (AvgIpc) is 2.68. The van der Waals surface area contributed by atoms with Gasteiger partial charge in [0.05, 0.1) is 12.7 Å². The number of rotatable bonds is 1. The maximum absolute atomic E-state index is 6.26. The maximum atomic E-state index is 6.26. The van der Waals surface area contributed by atoms with Crippen LogP contribution < -0.4 is 0 Å². The fourth-order valence-corrected chi connectivity index (χ4v) is 4.24. The molecular weight excluding hydrogens is 303 g/mol. The zero-order chi connectivity index (χ0) is 10.5. The molecule has 1 saturated heterocycles. The molecular formula is C12H19IO2. The summed E-state index contributed by atoms with van der Waals surface area (Å²) < 4.78 is 13.0. The van der Waals surface area contributed by atoms with E-state index in [2.05, 4.69) is 29.5 Å². The first-order valence-electron chi connectivity index (χ1n) is 6.11. The second kappa shape index (κ2) is 3.57. The third-order valence-corrected chi connectivity index (χ3v) is 6.24. The smallest absolute Gasteiger partial charge is 0.168 e. The Hall–Kier alpha value is 0.650. The van der Waals surface area contributed by atoms with Crippen LogP contribution in [0.4, 0.5) is 0 Å². The Morgan fingerprint density at radius 3 is 2.47 bits per heavy atom. The molecule has 0 bridgehead atoms. The molecule has 3 atom stereocenters. The highest BCUT2D eigenvalue weighted by Gasteiger charge is 2.59. The molecule has 2 aliphatic carbocycles. The Labute approximate surface area is 105 Å². The summed E-state index contributed by atoms with van der Waals surface area (Å²) in [6.07, 6.45) is 7.80. The largest absolute Gasteiger partial charge is 0.347 e. The molecule has 0 aromatic carbocycles. The van der Waals surface area contributed by atoms with Crippen molar-refractivity contribution in [2.75, 3.05) is 6.61 Å². The molecule has 0 aromatic heterocycles. The molecule has 0 amide bonds. The van der Waals surface area contributed by atoms with E-state index in [-0.39, 0.29) is 5.79 Å². The molecule has 3 heteroatoms. The average molecular weight is 322 g/mol. The second-order valence-electron chi connectivity index (χ2n) is 5.57. The van der Waals surface area contributed by atoms with Crippen LogP contribution in [-0.2, 0) is 9.47 Å². The molecule has 0 unspecified atom stereocenters. The van der Waals surface area contributed by atoms with Gasteiger partial charge in [-0.1, -0.05) is 35.9 Å². The van der Waals surface area contributed by atoms with Gasteiger partial charge in [-0.15, -0.1) is 0 Å². The van der Waals surface area contributed by atoms with Gasteiger partial charge >= 0.3 is 0 Å². The summed E-state index contributed by atoms with van der Waals surface area (Å²) in [5.74, 6) is -0.176. The van der Waals surface area contributed by atoms with Gasteiger partial charge in [0.2, 0.25) is 0 Å². The third-order valence-electron chi connectivity index (χ3n) is 4.38. The molecule has 0 radical (unpaired) electrons. The van der Waals surface area contributed by atoms with Gasteiger partial charge in [-0.05, 0) is 19.3 Å². The van der Waals surface area contributed by atoms with Crippen LogP contribution >= 0.6 is 22.6 Å². The topological polar surface area (TPSA) is 18.5 Å². The summed E-state index contributed by atoms with van der Waals surface area (Å²) >= 11 is 2.55. The summed E-state index contributed by atoms with van der Waals surface area (Å²) in [6, 6.07) is 0. The summed E-state index contributed by atoms with van der Waals surface area (Å²) in [4.78, 5) is 0. The van der Waals surface area contributed by atoms with Gasteiger partial charge in [0.1, 0.15) is 0 Å². The molecule has 1 heterocycles. The molecule has 2 saturated carbocycles. The lowest BCUT2D eigenvalue weighted by Gasteiger charge is -2.32. The van der Waals surface area contributed by atoms with Crippen molar-refractivity contribution in [1.29, 1.82) is 0 Å². The van der Waals surface area contributed by atoms with Crippen LogP contribution in [0.25, 0.3) is 0 Å². The predicted octanol–water partition coefficient (Wildman–Crippen LogP) is 3.28. The zero-order valence-electron chi connectivity index (χ0n) is 9.30. The van der Waals surface area contributed by atoms with Crippen molar-refractivity contribution >= 4 is 22.6 Å². The first kappa shape index (κ1) is 10.8. The van der Waals surface area contributed by atoms with Crippen LogP contribution in [0, 0.1) is 5.41 Å². The number of hydrogen-bond donors (Lipinski definition) is 0. The van der Waals surface area contributed by atoms with E-state index in [1.807, 2.05) is 0 Å². The van der Waals surface area contributed by atoms with E-state index in [0.29, 0.717) is 11.5 Å². The minimum absolute atomic E-state index is 0.176. The number of halogens is 1. The molecule has 0 N–H and O–H groups in total. The standard InChI is InChI=1S/C12H19IO2/c1-11(7-9(11)13)10-8-14-12(15-10)5-3-2-4-6-12/h9-10H,2-8H2,1H3/t9-,10-,11-/m1/s1. The Morgan fingerprint density at radius 2 is 1.87 bits per heavy atom. The first-order chi connectivity index (χ1) is 7.15. The van der Waals surface area contributed by atoms with Gasteiger partial charge in [-0.2, -0.15) is 0 Å². The number of alkyl halides is 1. The van der Waals surface area contributed by atoms with Crippen molar-refractivity contribution in [2.45, 2.75) is 61.3 Å². The van der Waals surface area contributed by atoms with Crippen LogP contribution in [0.1, 0.15) is 45.4 Å². The lowest BCUT2D eigenvalue weighted by molar-refractivity contribution is -0.192. The van der Waals surface area contributed by atoms with Crippen LogP contribution in [0.3, 0.4) is 0 Å². The van der Waals surface area contributed by atoms with Crippen LogP contribution in [0.15, 0.2) is 0 Å². The van der Waals surface area contributed by atoms with Crippen molar-refractivity contribution in [3.8, 4) is 0 Å². The highest BCUT2D eigenvalue weighted by molar-refractivity contribution is 14.1. The minimum Gasteiger partial charge on any atom is -0.347 e. The van der Waals surface area contributed by atoms with Gasteiger partial charge in [0, 0.05) is 22.2 Å². The molecule has 1 spiro atoms. The van der Waals surface area contributed by atoms with E-state index in [9.17, 15) is 0 Å². The monoisotopic (exact) mass is 322 g/mol. The van der Waals surface area contributed by atoms with Gasteiger partial charge in [0.25, 0.3) is 0 Å². The highest BCUT2D eigenvalue weighted by atomic mass is 127. The van der Waals surface area contributed by atoms with E-state index < -0.39 is 0 Å². The highest BCUT2D eigenvalue weighted by Crippen LogP contribution is 2.58. The fraction of sp³-hybridized carbons (Fsp3) is 1.00.